The van der Waals surface area contributed by atoms with Crippen LogP contribution in [0.3, 0.4) is 0 Å². The van der Waals surface area contributed by atoms with Gasteiger partial charge in [0.05, 0.1) is 0 Å². The van der Waals surface area contributed by atoms with Gasteiger partial charge in [0.2, 0.25) is 0 Å². The zero-order valence-corrected chi connectivity index (χ0v) is 11.9. The van der Waals surface area contributed by atoms with Gasteiger partial charge in [0, 0.05) is 50.3 Å². The summed E-state index contributed by atoms with van der Waals surface area (Å²) in [4.78, 5) is 31.6. The van der Waals surface area contributed by atoms with Crippen LogP contribution in [0, 0.1) is 0 Å². The smallest absolute Gasteiger partial charge is 0.303 e. The zero-order valence-electron chi connectivity index (χ0n) is 9.94. The van der Waals surface area contributed by atoms with Crippen molar-refractivity contribution in [3.05, 3.63) is 0 Å². The van der Waals surface area contributed by atoms with E-state index in [-0.39, 0.29) is 42.8 Å². The van der Waals surface area contributed by atoms with Crippen LogP contribution in [0.25, 0.3) is 0 Å². The summed E-state index contributed by atoms with van der Waals surface area (Å²) >= 11 is 0. The van der Waals surface area contributed by atoms with Crippen molar-refractivity contribution in [2.75, 3.05) is 13.2 Å². The summed E-state index contributed by atoms with van der Waals surface area (Å²) in [5, 5.41) is 0. The van der Waals surface area contributed by atoms with Gasteiger partial charge in [0.25, 0.3) is 0 Å². The minimum atomic E-state index is -0.754. The van der Waals surface area contributed by atoms with E-state index in [1.54, 1.807) is 0 Å². The van der Waals surface area contributed by atoms with E-state index in [0.717, 1.165) is 0 Å². The third-order valence-electron chi connectivity index (χ3n) is 1.28. The number of carbonyl (C=O) groups excluding carboxylic acids is 3. The van der Waals surface area contributed by atoms with Gasteiger partial charge in [-0.2, -0.15) is 0 Å². The van der Waals surface area contributed by atoms with Crippen molar-refractivity contribution in [2.24, 2.45) is 0 Å². The molecule has 0 fully saturated rings. The SMILES string of the molecule is CC(=O)OCC(COC(C)=O)OC(C)=O.[Na]. The topological polar surface area (TPSA) is 78.9 Å². The van der Waals surface area contributed by atoms with E-state index in [2.05, 4.69) is 9.47 Å². The molecule has 0 unspecified atom stereocenters. The standard InChI is InChI=1S/C9H14O6.Na/c1-6(10)13-4-9(15-8(3)12)5-14-7(2)11;/h9H,4-5H2,1-3H3;. The fourth-order valence-corrected chi connectivity index (χ4v) is 0.771. The van der Waals surface area contributed by atoms with E-state index >= 15 is 0 Å². The Kier molecular flexibility index (Phi) is 10.7. The van der Waals surface area contributed by atoms with Gasteiger partial charge < -0.3 is 14.2 Å². The van der Waals surface area contributed by atoms with Crippen LogP contribution in [0.2, 0.25) is 0 Å². The molecule has 0 aliphatic carbocycles. The summed E-state index contributed by atoms with van der Waals surface area (Å²) in [6.07, 6.45) is -0.754. The Morgan fingerprint density at radius 1 is 0.875 bits per heavy atom. The summed E-state index contributed by atoms with van der Waals surface area (Å²) in [5.74, 6) is -1.51. The van der Waals surface area contributed by atoms with Crippen LogP contribution < -0.4 is 0 Å². The molecule has 0 aliphatic rings. The first kappa shape index (κ1) is 17.8. The average Bonchev–Trinajstić information content (AvgIpc) is 2.08. The molecule has 0 heterocycles. The molecule has 0 atom stereocenters. The van der Waals surface area contributed by atoms with E-state index in [0.29, 0.717) is 0 Å². The molecule has 7 heteroatoms. The van der Waals surface area contributed by atoms with E-state index in [1.807, 2.05) is 0 Å². The van der Waals surface area contributed by atoms with Gasteiger partial charge in [0.15, 0.2) is 6.10 Å². The van der Waals surface area contributed by atoms with E-state index < -0.39 is 24.0 Å². The Labute approximate surface area is 116 Å². The van der Waals surface area contributed by atoms with Gasteiger partial charge in [-0.25, -0.2) is 0 Å². The van der Waals surface area contributed by atoms with Crippen LogP contribution in [0.15, 0.2) is 0 Å². The maximum Gasteiger partial charge on any atom is 0.303 e. The molecule has 0 bridgehead atoms. The minimum absolute atomic E-state index is 0. The van der Waals surface area contributed by atoms with Crippen molar-refractivity contribution >= 4 is 47.5 Å². The molecular formula is C9H14NaO6. The van der Waals surface area contributed by atoms with E-state index in [9.17, 15) is 14.4 Å². The first-order chi connectivity index (χ1) is 6.91. The number of rotatable bonds is 5. The number of esters is 3. The molecule has 0 aromatic heterocycles. The maximum atomic E-state index is 10.6. The summed E-state index contributed by atoms with van der Waals surface area (Å²) < 4.78 is 14.0. The van der Waals surface area contributed by atoms with Gasteiger partial charge in [0.1, 0.15) is 13.2 Å². The third-order valence-corrected chi connectivity index (χ3v) is 1.28. The van der Waals surface area contributed by atoms with Crippen LogP contribution in [-0.4, -0.2) is 66.8 Å². The van der Waals surface area contributed by atoms with Crippen LogP contribution >= 0.6 is 0 Å². The van der Waals surface area contributed by atoms with Gasteiger partial charge in [-0.05, 0) is 0 Å². The molecule has 0 aromatic carbocycles. The molecule has 0 N–H and O–H groups in total. The Bertz CT molecular complexity index is 234. The second-order valence-electron chi connectivity index (χ2n) is 2.84. The largest absolute Gasteiger partial charge is 0.462 e. The normalized spacial score (nSPS) is 9.00. The Morgan fingerprint density at radius 2 is 1.25 bits per heavy atom. The molecule has 0 aromatic rings. The molecule has 0 aliphatic heterocycles. The molecule has 6 nitrogen and oxygen atoms in total. The first-order valence-electron chi connectivity index (χ1n) is 4.35. The summed E-state index contributed by atoms with van der Waals surface area (Å²) in [5.41, 5.74) is 0. The summed E-state index contributed by atoms with van der Waals surface area (Å²) in [7, 11) is 0. The van der Waals surface area contributed by atoms with Crippen LogP contribution in [0.5, 0.6) is 0 Å². The van der Waals surface area contributed by atoms with Crippen molar-refractivity contribution in [1.82, 2.24) is 0 Å². The van der Waals surface area contributed by atoms with Crippen LogP contribution in [-0.2, 0) is 28.6 Å². The predicted octanol–water partition coefficient (Wildman–Crippen LogP) is -0.337. The quantitative estimate of drug-likeness (QED) is 0.372. The number of ether oxygens (including phenoxy) is 3. The molecule has 0 saturated heterocycles. The third kappa shape index (κ3) is 11.5. The van der Waals surface area contributed by atoms with E-state index in [1.165, 1.54) is 20.8 Å². The summed E-state index contributed by atoms with van der Waals surface area (Å²) in [6, 6.07) is 0. The van der Waals surface area contributed by atoms with Crippen molar-refractivity contribution in [1.29, 1.82) is 0 Å². The van der Waals surface area contributed by atoms with Crippen LogP contribution in [0.4, 0.5) is 0 Å². The van der Waals surface area contributed by atoms with Gasteiger partial charge in [-0.3, -0.25) is 14.4 Å². The van der Waals surface area contributed by atoms with Gasteiger partial charge in [-0.15, -0.1) is 0 Å². The fraction of sp³-hybridized carbons (Fsp3) is 0.667. The van der Waals surface area contributed by atoms with Crippen LogP contribution in [0.1, 0.15) is 20.8 Å². The molecule has 0 rings (SSSR count). The second-order valence-corrected chi connectivity index (χ2v) is 2.84. The first-order valence-corrected chi connectivity index (χ1v) is 4.35. The van der Waals surface area contributed by atoms with Crippen molar-refractivity contribution in [3.8, 4) is 0 Å². The van der Waals surface area contributed by atoms with Gasteiger partial charge in [-0.1, -0.05) is 0 Å². The maximum absolute atomic E-state index is 10.6. The zero-order chi connectivity index (χ0) is 11.8. The second kappa shape index (κ2) is 9.62. The van der Waals surface area contributed by atoms with E-state index in [4.69, 9.17) is 4.74 Å². The Hall–Kier alpha value is -0.590. The Morgan fingerprint density at radius 3 is 1.50 bits per heavy atom. The molecule has 0 amide bonds. The number of hydrogen-bond acceptors (Lipinski definition) is 6. The Balaban J connectivity index is 0. The molecule has 87 valence electrons. The van der Waals surface area contributed by atoms with Crippen molar-refractivity contribution in [3.63, 3.8) is 0 Å². The molecule has 1 radical (unpaired) electrons. The van der Waals surface area contributed by atoms with Gasteiger partial charge >= 0.3 is 17.9 Å². The molecular weight excluding hydrogens is 227 g/mol. The van der Waals surface area contributed by atoms with Crippen molar-refractivity contribution in [2.45, 2.75) is 26.9 Å². The minimum Gasteiger partial charge on any atom is -0.462 e. The summed E-state index contributed by atoms with van der Waals surface area (Å²) in [6.45, 7) is 3.44. The predicted molar refractivity (Wildman–Crippen MR) is 54.6 cm³/mol. The van der Waals surface area contributed by atoms with Crippen molar-refractivity contribution < 1.29 is 28.6 Å². The number of carbonyl (C=O) groups is 3. The molecule has 0 spiro atoms. The molecule has 0 saturated carbocycles. The number of hydrogen-bond donors (Lipinski definition) is 0. The molecule has 16 heavy (non-hydrogen) atoms. The monoisotopic (exact) mass is 241 g/mol. The fourth-order valence-electron chi connectivity index (χ4n) is 0.771. The average molecular weight is 241 g/mol.